The fourth-order valence-corrected chi connectivity index (χ4v) is 0.901. The van der Waals surface area contributed by atoms with Crippen molar-refractivity contribution in [1.29, 1.82) is 0 Å². The van der Waals surface area contributed by atoms with Crippen LogP contribution in [0.5, 0.6) is 0 Å². The van der Waals surface area contributed by atoms with E-state index in [-0.39, 0.29) is 6.61 Å². The molecular weight excluding hydrogens is 194 g/mol. The summed E-state index contributed by atoms with van der Waals surface area (Å²) in [7, 11) is 0. The average molecular weight is 203 g/mol. The van der Waals surface area contributed by atoms with E-state index in [1.165, 1.54) is 0 Å². The van der Waals surface area contributed by atoms with Crippen LogP contribution in [-0.2, 0) is 16.1 Å². The van der Waals surface area contributed by atoms with Crippen molar-refractivity contribution in [2.75, 3.05) is 0 Å². The summed E-state index contributed by atoms with van der Waals surface area (Å²) in [6.45, 7) is 0.209. The quantitative estimate of drug-likeness (QED) is 0.248. The van der Waals surface area contributed by atoms with E-state index < -0.39 is 5.97 Å². The molecule has 15 heavy (non-hydrogen) atoms. The number of benzene rings is 1. The predicted molar refractivity (Wildman–Crippen MR) is 54.5 cm³/mol. The molecule has 1 aromatic rings. The van der Waals surface area contributed by atoms with Gasteiger partial charge in [-0.3, -0.25) is 0 Å². The highest BCUT2D eigenvalue weighted by Gasteiger charge is 1.96. The number of nitrogens with zero attached hydrogens (tertiary/aromatic N) is 3. The maximum absolute atomic E-state index is 11.0. The van der Waals surface area contributed by atoms with E-state index in [2.05, 4.69) is 10.0 Å². The Bertz CT molecular complexity index is 394. The molecule has 1 rings (SSSR count). The number of hydrogen-bond donors (Lipinski definition) is 0. The van der Waals surface area contributed by atoms with Crippen molar-refractivity contribution in [3.8, 4) is 0 Å². The summed E-state index contributed by atoms with van der Waals surface area (Å²) in [6.07, 6.45) is 2.12. The first-order valence-electron chi connectivity index (χ1n) is 4.24. The highest BCUT2D eigenvalue weighted by atomic mass is 16.5. The number of carbonyl (C=O) groups is 1. The Balaban J connectivity index is 2.38. The second-order valence-electron chi connectivity index (χ2n) is 2.61. The molecule has 0 bridgehead atoms. The van der Waals surface area contributed by atoms with Gasteiger partial charge < -0.3 is 4.74 Å². The third-order valence-corrected chi connectivity index (χ3v) is 1.55. The molecule has 1 aromatic carbocycles. The van der Waals surface area contributed by atoms with Crippen LogP contribution in [0.1, 0.15) is 5.56 Å². The molecule has 0 aliphatic rings. The number of ether oxygens (including phenoxy) is 1. The summed E-state index contributed by atoms with van der Waals surface area (Å²) in [5.41, 5.74) is 8.85. The topological polar surface area (TPSA) is 75.1 Å². The van der Waals surface area contributed by atoms with E-state index in [1.807, 2.05) is 30.3 Å². The van der Waals surface area contributed by atoms with Crippen molar-refractivity contribution in [3.63, 3.8) is 0 Å². The molecule has 0 spiro atoms. The molecule has 5 heteroatoms. The van der Waals surface area contributed by atoms with E-state index in [4.69, 9.17) is 10.3 Å². The lowest BCUT2D eigenvalue weighted by atomic mass is 10.2. The summed E-state index contributed by atoms with van der Waals surface area (Å²) in [5, 5.41) is 3.07. The van der Waals surface area contributed by atoms with E-state index in [0.29, 0.717) is 0 Å². The van der Waals surface area contributed by atoms with Gasteiger partial charge >= 0.3 is 5.97 Å². The van der Waals surface area contributed by atoms with Gasteiger partial charge in [0.2, 0.25) is 0 Å². The average Bonchev–Trinajstić information content (AvgIpc) is 2.28. The summed E-state index contributed by atoms with van der Waals surface area (Å²) in [5.74, 6) is -0.536. The molecule has 0 radical (unpaired) electrons. The number of esters is 1. The molecule has 0 atom stereocenters. The fourth-order valence-electron chi connectivity index (χ4n) is 0.901. The van der Waals surface area contributed by atoms with E-state index in [0.717, 1.165) is 17.8 Å². The van der Waals surface area contributed by atoms with E-state index in [9.17, 15) is 4.79 Å². The van der Waals surface area contributed by atoms with E-state index in [1.54, 1.807) is 0 Å². The first-order chi connectivity index (χ1) is 7.33. The van der Waals surface area contributed by atoms with Crippen LogP contribution in [-0.4, -0.2) is 5.97 Å². The van der Waals surface area contributed by atoms with Gasteiger partial charge in [-0.25, -0.2) is 4.79 Å². The van der Waals surface area contributed by atoms with Crippen molar-refractivity contribution in [2.24, 2.45) is 5.11 Å². The van der Waals surface area contributed by atoms with Crippen molar-refractivity contribution in [1.82, 2.24) is 0 Å². The van der Waals surface area contributed by atoms with Gasteiger partial charge in [0.15, 0.2) is 0 Å². The Hall–Kier alpha value is -2.26. The third-order valence-electron chi connectivity index (χ3n) is 1.55. The van der Waals surface area contributed by atoms with Crippen LogP contribution in [0.3, 0.4) is 0 Å². The minimum Gasteiger partial charge on any atom is -0.458 e. The van der Waals surface area contributed by atoms with Crippen LogP contribution in [0.2, 0.25) is 0 Å². The zero-order chi connectivity index (χ0) is 10.9. The highest BCUT2D eigenvalue weighted by molar-refractivity contribution is 5.81. The first-order valence-corrected chi connectivity index (χ1v) is 4.24. The number of azide groups is 1. The molecule has 0 unspecified atom stereocenters. The first kappa shape index (κ1) is 10.8. The van der Waals surface area contributed by atoms with Crippen LogP contribution in [0.15, 0.2) is 47.7 Å². The van der Waals surface area contributed by atoms with Gasteiger partial charge in [0.1, 0.15) is 6.61 Å². The molecule has 0 aliphatic heterocycles. The lowest BCUT2D eigenvalue weighted by Gasteiger charge is -2.00. The second kappa shape index (κ2) is 6.23. The number of carbonyl (C=O) groups excluding carboxylic acids is 1. The lowest BCUT2D eigenvalue weighted by molar-refractivity contribution is -0.139. The van der Waals surface area contributed by atoms with Crippen molar-refractivity contribution >= 4 is 5.97 Å². The van der Waals surface area contributed by atoms with Crippen molar-refractivity contribution in [2.45, 2.75) is 6.61 Å². The number of rotatable bonds is 4. The molecule has 0 saturated heterocycles. The maximum Gasteiger partial charge on any atom is 0.330 e. The summed E-state index contributed by atoms with van der Waals surface area (Å²) >= 11 is 0. The third kappa shape index (κ3) is 4.50. The Labute approximate surface area is 86.6 Å². The Morgan fingerprint density at radius 3 is 2.87 bits per heavy atom. The Kier molecular flexibility index (Phi) is 4.50. The van der Waals surface area contributed by atoms with Crippen molar-refractivity contribution in [3.05, 3.63) is 58.6 Å². The molecule has 0 fully saturated rings. The van der Waals surface area contributed by atoms with Gasteiger partial charge in [-0.1, -0.05) is 35.4 Å². The molecule has 0 aliphatic carbocycles. The molecule has 0 amide bonds. The van der Waals surface area contributed by atoms with E-state index >= 15 is 0 Å². The molecule has 0 saturated carbocycles. The molecule has 76 valence electrons. The SMILES string of the molecule is [N-]=[N+]=N/C=C/C(=O)OCc1ccccc1. The molecule has 0 aromatic heterocycles. The minimum atomic E-state index is -0.536. The summed E-state index contributed by atoms with van der Waals surface area (Å²) < 4.78 is 4.87. The molecule has 5 nitrogen and oxygen atoms in total. The van der Waals surface area contributed by atoms with Crippen LogP contribution in [0.4, 0.5) is 0 Å². The molecular formula is C10H9N3O2. The number of hydrogen-bond acceptors (Lipinski definition) is 3. The van der Waals surface area contributed by atoms with Gasteiger partial charge in [-0.2, -0.15) is 0 Å². The summed E-state index contributed by atoms with van der Waals surface area (Å²) in [6, 6.07) is 9.31. The summed E-state index contributed by atoms with van der Waals surface area (Å²) in [4.78, 5) is 13.5. The fraction of sp³-hybridized carbons (Fsp3) is 0.100. The van der Waals surface area contributed by atoms with Crippen molar-refractivity contribution < 1.29 is 9.53 Å². The van der Waals surface area contributed by atoms with Gasteiger partial charge in [-0.05, 0) is 11.1 Å². The predicted octanol–water partition coefficient (Wildman–Crippen LogP) is 2.55. The van der Waals surface area contributed by atoms with Crippen LogP contribution in [0, 0.1) is 0 Å². The second-order valence-corrected chi connectivity index (χ2v) is 2.61. The zero-order valence-electron chi connectivity index (χ0n) is 7.91. The standard InChI is InChI=1S/C10H9N3O2/c11-13-12-7-6-10(14)15-8-9-4-2-1-3-5-9/h1-7H,8H2/b7-6+. The molecule has 0 heterocycles. The van der Waals surface area contributed by atoms with Gasteiger partial charge in [0.25, 0.3) is 0 Å². The van der Waals surface area contributed by atoms with Gasteiger partial charge in [0, 0.05) is 17.2 Å². The largest absolute Gasteiger partial charge is 0.458 e. The minimum absolute atomic E-state index is 0.209. The van der Waals surface area contributed by atoms with Crippen LogP contribution >= 0.6 is 0 Å². The maximum atomic E-state index is 11.0. The smallest absolute Gasteiger partial charge is 0.330 e. The van der Waals surface area contributed by atoms with Gasteiger partial charge in [0.05, 0.1) is 0 Å². The normalized spacial score (nSPS) is 9.60. The zero-order valence-corrected chi connectivity index (χ0v) is 7.91. The Morgan fingerprint density at radius 2 is 2.20 bits per heavy atom. The lowest BCUT2D eigenvalue weighted by Crippen LogP contribution is -2.00. The Morgan fingerprint density at radius 1 is 1.47 bits per heavy atom. The van der Waals surface area contributed by atoms with Crippen LogP contribution < -0.4 is 0 Å². The highest BCUT2D eigenvalue weighted by Crippen LogP contribution is 2.00. The van der Waals surface area contributed by atoms with Crippen LogP contribution in [0.25, 0.3) is 10.4 Å². The monoisotopic (exact) mass is 203 g/mol. The van der Waals surface area contributed by atoms with Gasteiger partial charge in [-0.15, -0.1) is 0 Å². The molecule has 0 N–H and O–H groups in total.